The third kappa shape index (κ3) is 4.49. The Balaban J connectivity index is 1.92. The molecule has 2 N–H and O–H groups in total. The summed E-state index contributed by atoms with van der Waals surface area (Å²) in [5, 5.41) is 12.2. The highest BCUT2D eigenvalue weighted by atomic mass is 16.4. The number of aryl methyl sites for hydroxylation is 1. The number of nitrogens with zero attached hydrogens (tertiary/aromatic N) is 2. The number of benzene rings is 1. The van der Waals surface area contributed by atoms with Crippen molar-refractivity contribution in [2.24, 2.45) is 4.99 Å². The zero-order valence-corrected chi connectivity index (χ0v) is 12.7. The predicted molar refractivity (Wildman–Crippen MR) is 86.9 cm³/mol. The molecule has 0 aliphatic heterocycles. The van der Waals surface area contributed by atoms with Gasteiger partial charge in [0.1, 0.15) is 0 Å². The number of nitrogens with one attached hydrogen (secondary N) is 1. The van der Waals surface area contributed by atoms with Crippen LogP contribution in [0.5, 0.6) is 0 Å². The quantitative estimate of drug-likeness (QED) is 0.804. The summed E-state index contributed by atoms with van der Waals surface area (Å²) >= 11 is 0. The maximum absolute atomic E-state index is 10.9. The lowest BCUT2D eigenvalue weighted by Gasteiger charge is -2.06. The van der Waals surface area contributed by atoms with Crippen LogP contribution in [0.1, 0.15) is 28.5 Å². The van der Waals surface area contributed by atoms with E-state index in [-0.39, 0.29) is 5.56 Å². The normalized spacial score (nSPS) is 11.5. The zero-order valence-electron chi connectivity index (χ0n) is 12.7. The highest BCUT2D eigenvalue weighted by molar-refractivity contribution is 5.87. The van der Waals surface area contributed by atoms with Gasteiger partial charge in [-0.3, -0.25) is 9.98 Å². The van der Waals surface area contributed by atoms with E-state index in [0.717, 1.165) is 17.0 Å². The number of carboxylic acid groups (broad SMARTS) is 1. The van der Waals surface area contributed by atoms with Gasteiger partial charge in [-0.1, -0.05) is 18.2 Å². The molecule has 1 aromatic heterocycles. The van der Waals surface area contributed by atoms with E-state index in [4.69, 9.17) is 5.11 Å². The minimum absolute atomic E-state index is 0.247. The first kappa shape index (κ1) is 15.9. The van der Waals surface area contributed by atoms with E-state index in [1.165, 1.54) is 12.3 Å². The molecule has 0 unspecified atom stereocenters. The van der Waals surface area contributed by atoms with Gasteiger partial charge < -0.3 is 10.4 Å². The molecular weight excluding hydrogens is 278 g/mol. The zero-order chi connectivity index (χ0) is 15.9. The molecule has 5 nitrogen and oxygen atoms in total. The number of aromatic nitrogens is 1. The van der Waals surface area contributed by atoms with Crippen LogP contribution in [0, 0.1) is 6.92 Å². The summed E-state index contributed by atoms with van der Waals surface area (Å²) in [6, 6.07) is 11.0. The fraction of sp³-hybridized carbons (Fsp3) is 0.235. The Labute approximate surface area is 129 Å². The molecule has 2 aromatic rings. The van der Waals surface area contributed by atoms with Gasteiger partial charge in [-0.15, -0.1) is 0 Å². The highest BCUT2D eigenvalue weighted by Crippen LogP contribution is 2.17. The molecule has 114 valence electrons. The van der Waals surface area contributed by atoms with Gasteiger partial charge in [0, 0.05) is 25.0 Å². The average Bonchev–Trinajstić information content (AvgIpc) is 2.50. The van der Waals surface area contributed by atoms with Gasteiger partial charge in [0.05, 0.1) is 16.9 Å². The molecule has 0 fully saturated rings. The third-order valence-electron chi connectivity index (χ3n) is 3.18. The molecule has 1 aromatic carbocycles. The average molecular weight is 297 g/mol. The number of hydrogen-bond donors (Lipinski definition) is 2. The first-order valence-electron chi connectivity index (χ1n) is 7.05. The first-order valence-corrected chi connectivity index (χ1v) is 7.05. The number of hydrogen-bond acceptors (Lipinski definition) is 4. The van der Waals surface area contributed by atoms with Crippen molar-refractivity contribution in [3.05, 3.63) is 59.4 Å². The van der Waals surface area contributed by atoms with Crippen LogP contribution in [0.3, 0.4) is 0 Å². The van der Waals surface area contributed by atoms with Crippen molar-refractivity contribution in [1.82, 2.24) is 10.3 Å². The summed E-state index contributed by atoms with van der Waals surface area (Å²) in [5.74, 6) is -0.944. The molecule has 1 heterocycles. The second-order valence-electron chi connectivity index (χ2n) is 5.08. The van der Waals surface area contributed by atoms with Crippen molar-refractivity contribution < 1.29 is 9.90 Å². The van der Waals surface area contributed by atoms with E-state index in [0.29, 0.717) is 18.8 Å². The van der Waals surface area contributed by atoms with Crippen LogP contribution in [0.2, 0.25) is 0 Å². The van der Waals surface area contributed by atoms with Crippen molar-refractivity contribution in [1.29, 1.82) is 0 Å². The Morgan fingerprint density at radius 2 is 2.09 bits per heavy atom. The topological polar surface area (TPSA) is 74.6 Å². The van der Waals surface area contributed by atoms with Gasteiger partial charge in [-0.25, -0.2) is 4.79 Å². The smallest absolute Gasteiger partial charge is 0.335 e. The van der Waals surface area contributed by atoms with Crippen LogP contribution in [0.15, 0.2) is 47.6 Å². The van der Waals surface area contributed by atoms with Crippen molar-refractivity contribution in [3.8, 4) is 0 Å². The Bertz CT molecular complexity index is 696. The number of pyridine rings is 1. The van der Waals surface area contributed by atoms with Gasteiger partial charge in [-0.05, 0) is 37.6 Å². The predicted octanol–water partition coefficient (Wildman–Crippen LogP) is 2.97. The van der Waals surface area contributed by atoms with Crippen LogP contribution in [-0.4, -0.2) is 28.3 Å². The van der Waals surface area contributed by atoms with E-state index >= 15 is 0 Å². The Hall–Kier alpha value is -2.53. The maximum atomic E-state index is 10.9. The molecule has 0 saturated carbocycles. The van der Waals surface area contributed by atoms with E-state index in [1.54, 1.807) is 6.07 Å². The second kappa shape index (κ2) is 7.47. The molecule has 0 aliphatic rings. The SMILES string of the molecule is CC(CNCc1cc(C(=O)O)ccn1)=Nc1ccccc1C. The second-order valence-corrected chi connectivity index (χ2v) is 5.08. The molecule has 0 aliphatic carbocycles. The standard InChI is InChI=1S/C17H19N3O2/c1-12-5-3-4-6-16(12)20-13(2)10-18-11-15-9-14(17(21)22)7-8-19-15/h3-9,18H,10-11H2,1-2H3,(H,21,22). The van der Waals surface area contributed by atoms with Crippen molar-refractivity contribution in [2.75, 3.05) is 6.54 Å². The fourth-order valence-corrected chi connectivity index (χ4v) is 2.01. The van der Waals surface area contributed by atoms with Gasteiger partial charge >= 0.3 is 5.97 Å². The summed E-state index contributed by atoms with van der Waals surface area (Å²) in [5.41, 5.74) is 4.01. The minimum Gasteiger partial charge on any atom is -0.478 e. The molecule has 22 heavy (non-hydrogen) atoms. The lowest BCUT2D eigenvalue weighted by molar-refractivity contribution is 0.0696. The molecule has 0 bridgehead atoms. The summed E-state index contributed by atoms with van der Waals surface area (Å²) < 4.78 is 0. The number of aromatic carboxylic acids is 1. The molecule has 0 saturated heterocycles. The number of carboxylic acids is 1. The van der Waals surface area contributed by atoms with E-state index < -0.39 is 5.97 Å². The molecule has 0 spiro atoms. The summed E-state index contributed by atoms with van der Waals surface area (Å²) in [6.45, 7) is 5.11. The largest absolute Gasteiger partial charge is 0.478 e. The summed E-state index contributed by atoms with van der Waals surface area (Å²) in [4.78, 5) is 19.6. The highest BCUT2D eigenvalue weighted by Gasteiger charge is 2.04. The van der Waals surface area contributed by atoms with Gasteiger partial charge in [-0.2, -0.15) is 0 Å². The first-order chi connectivity index (χ1) is 10.6. The van der Waals surface area contributed by atoms with E-state index in [9.17, 15) is 4.79 Å². The van der Waals surface area contributed by atoms with Gasteiger partial charge in [0.2, 0.25) is 0 Å². The number of aliphatic imine (C=N–C) groups is 1. The molecule has 5 heteroatoms. The van der Waals surface area contributed by atoms with Crippen LogP contribution in [0.25, 0.3) is 0 Å². The van der Waals surface area contributed by atoms with Gasteiger partial charge in [0.25, 0.3) is 0 Å². The number of carbonyl (C=O) groups is 1. The molecule has 2 rings (SSSR count). The molecule has 0 atom stereocenters. The van der Waals surface area contributed by atoms with Crippen LogP contribution in [-0.2, 0) is 6.54 Å². The molecule has 0 amide bonds. The van der Waals surface area contributed by atoms with E-state index in [1.807, 2.05) is 38.1 Å². The lowest BCUT2D eigenvalue weighted by Crippen LogP contribution is -2.21. The van der Waals surface area contributed by atoms with Crippen LogP contribution < -0.4 is 5.32 Å². The summed E-state index contributed by atoms with van der Waals surface area (Å²) in [6.07, 6.45) is 1.51. The minimum atomic E-state index is -0.944. The van der Waals surface area contributed by atoms with Crippen LogP contribution >= 0.6 is 0 Å². The summed E-state index contributed by atoms with van der Waals surface area (Å²) in [7, 11) is 0. The third-order valence-corrected chi connectivity index (χ3v) is 3.18. The lowest BCUT2D eigenvalue weighted by atomic mass is 10.2. The van der Waals surface area contributed by atoms with E-state index in [2.05, 4.69) is 15.3 Å². The number of para-hydroxylation sites is 1. The van der Waals surface area contributed by atoms with Crippen molar-refractivity contribution in [2.45, 2.75) is 20.4 Å². The monoisotopic (exact) mass is 297 g/mol. The number of rotatable bonds is 6. The fourth-order valence-electron chi connectivity index (χ4n) is 2.01. The van der Waals surface area contributed by atoms with Gasteiger partial charge in [0.15, 0.2) is 0 Å². The van der Waals surface area contributed by atoms with Crippen molar-refractivity contribution in [3.63, 3.8) is 0 Å². The Kier molecular flexibility index (Phi) is 5.38. The Morgan fingerprint density at radius 1 is 1.32 bits per heavy atom. The van der Waals surface area contributed by atoms with Crippen LogP contribution in [0.4, 0.5) is 5.69 Å². The molecule has 0 radical (unpaired) electrons. The Morgan fingerprint density at radius 3 is 2.82 bits per heavy atom. The molecular formula is C17H19N3O2. The van der Waals surface area contributed by atoms with Crippen molar-refractivity contribution >= 4 is 17.4 Å². The maximum Gasteiger partial charge on any atom is 0.335 e.